The Kier molecular flexibility index (Phi) is 5.83. The van der Waals surface area contributed by atoms with Crippen LogP contribution in [0.25, 0.3) is 0 Å². The average molecular weight is 405 g/mol. The zero-order chi connectivity index (χ0) is 21.4. The topological polar surface area (TPSA) is 88.5 Å². The van der Waals surface area contributed by atoms with Crippen LogP contribution in [0.4, 0.5) is 4.79 Å². The van der Waals surface area contributed by atoms with Gasteiger partial charge in [-0.25, -0.2) is 4.79 Å². The summed E-state index contributed by atoms with van der Waals surface area (Å²) in [6.07, 6.45) is 3.24. The first-order valence-corrected chi connectivity index (χ1v) is 9.90. The maximum absolute atomic E-state index is 12.5. The van der Waals surface area contributed by atoms with Crippen LogP contribution in [0.5, 0.6) is 11.5 Å². The molecule has 2 N–H and O–H groups in total. The van der Waals surface area contributed by atoms with E-state index in [0.717, 1.165) is 11.1 Å². The largest absolute Gasteiger partial charge is 0.493 e. The Hall–Kier alpha value is -2.25. The molecule has 0 spiro atoms. The molecule has 0 bridgehead atoms. The van der Waals surface area contributed by atoms with Gasteiger partial charge in [0.05, 0.1) is 18.6 Å². The molecular weight excluding hydrogens is 374 g/mol. The molecule has 0 radical (unpaired) electrons. The van der Waals surface area contributed by atoms with Crippen molar-refractivity contribution in [3.63, 3.8) is 0 Å². The van der Waals surface area contributed by atoms with E-state index >= 15 is 0 Å². The van der Waals surface area contributed by atoms with Gasteiger partial charge in [-0.1, -0.05) is 18.2 Å². The van der Waals surface area contributed by atoms with Gasteiger partial charge in [0.2, 0.25) is 0 Å². The van der Waals surface area contributed by atoms with E-state index in [1.165, 1.54) is 4.90 Å². The van der Waals surface area contributed by atoms with Gasteiger partial charge in [-0.3, -0.25) is 0 Å². The molecule has 7 nitrogen and oxygen atoms in total. The Balaban J connectivity index is 2.03. The van der Waals surface area contributed by atoms with Crippen molar-refractivity contribution in [2.75, 3.05) is 20.8 Å². The summed E-state index contributed by atoms with van der Waals surface area (Å²) in [7, 11) is 3.27. The number of fused-ring (bicyclic) bond motifs is 3. The Bertz CT molecular complexity index is 799. The van der Waals surface area contributed by atoms with Gasteiger partial charge in [0.15, 0.2) is 11.5 Å². The summed E-state index contributed by atoms with van der Waals surface area (Å²) >= 11 is 0. The number of hydrogen-bond donors (Lipinski definition) is 2. The maximum Gasteiger partial charge on any atom is 0.410 e. The zero-order valence-corrected chi connectivity index (χ0v) is 17.8. The Morgan fingerprint density at radius 3 is 2.72 bits per heavy atom. The molecule has 0 saturated carbocycles. The highest BCUT2D eigenvalue weighted by molar-refractivity contribution is 5.68. The number of ether oxygens (including phenoxy) is 3. The highest BCUT2D eigenvalue weighted by atomic mass is 16.6. The van der Waals surface area contributed by atoms with Crippen molar-refractivity contribution in [2.45, 2.75) is 63.4 Å². The van der Waals surface area contributed by atoms with Crippen molar-refractivity contribution in [1.29, 1.82) is 0 Å². The lowest BCUT2D eigenvalue weighted by molar-refractivity contribution is 0.0284. The van der Waals surface area contributed by atoms with Crippen molar-refractivity contribution in [2.24, 2.45) is 0 Å². The number of carbonyl (C=O) groups is 1. The van der Waals surface area contributed by atoms with E-state index in [9.17, 15) is 15.0 Å². The quantitative estimate of drug-likeness (QED) is 0.733. The first-order chi connectivity index (χ1) is 13.6. The van der Waals surface area contributed by atoms with Gasteiger partial charge in [0.1, 0.15) is 11.7 Å². The van der Waals surface area contributed by atoms with Crippen LogP contribution in [0.1, 0.15) is 44.7 Å². The number of hydrogen-bond acceptors (Lipinski definition) is 6. The molecular formula is C22H31NO6. The third kappa shape index (κ3) is 4.07. The van der Waals surface area contributed by atoms with Crippen molar-refractivity contribution >= 4 is 6.09 Å². The van der Waals surface area contributed by atoms with Gasteiger partial charge >= 0.3 is 6.09 Å². The van der Waals surface area contributed by atoms with Crippen LogP contribution in [0.3, 0.4) is 0 Å². The number of methoxy groups -OCH3 is 1. The van der Waals surface area contributed by atoms with Gasteiger partial charge in [0.25, 0.3) is 0 Å². The van der Waals surface area contributed by atoms with E-state index in [4.69, 9.17) is 14.2 Å². The van der Waals surface area contributed by atoms with Gasteiger partial charge in [-0.2, -0.15) is 0 Å². The maximum atomic E-state index is 12.5. The van der Waals surface area contributed by atoms with Crippen molar-refractivity contribution in [3.05, 3.63) is 35.4 Å². The van der Waals surface area contributed by atoms with Crippen LogP contribution < -0.4 is 9.47 Å². The van der Waals surface area contributed by atoms with Crippen molar-refractivity contribution in [1.82, 2.24) is 4.90 Å². The summed E-state index contributed by atoms with van der Waals surface area (Å²) in [4.78, 5) is 14.0. The molecule has 2 aliphatic rings. The van der Waals surface area contributed by atoms with Gasteiger partial charge in [-0.05, 0) is 38.8 Å². The normalized spacial score (nSPS) is 25.1. The molecule has 0 saturated heterocycles. The second-order valence-electron chi connectivity index (χ2n) is 8.75. The SMILES string of the molecule is COc1ccc(CN(C)C(=O)OC(C)(C)C)c2c1O[C@H]1C[C@@H](O)C=C[C@@]21CCO. The van der Waals surface area contributed by atoms with Crippen LogP contribution in [0, 0.1) is 0 Å². The first kappa shape index (κ1) is 21.5. The summed E-state index contributed by atoms with van der Waals surface area (Å²) < 4.78 is 17.2. The molecule has 1 aliphatic heterocycles. The molecule has 1 aliphatic carbocycles. The fourth-order valence-corrected chi connectivity index (χ4v) is 4.18. The molecule has 1 aromatic rings. The Morgan fingerprint density at radius 2 is 2.10 bits per heavy atom. The van der Waals surface area contributed by atoms with Crippen molar-refractivity contribution in [3.8, 4) is 11.5 Å². The minimum Gasteiger partial charge on any atom is -0.493 e. The molecule has 3 atom stereocenters. The molecule has 0 fully saturated rings. The molecule has 160 valence electrons. The monoisotopic (exact) mass is 405 g/mol. The standard InChI is InChI=1S/C22H31NO6/c1-21(2,3)29-20(26)23(4)13-14-6-7-16(27-5)19-18(14)22(10-11-24)9-8-15(25)12-17(22)28-19/h6-9,15,17,24-25H,10-13H2,1-5H3/t15-,17-,22-/m0/s1. The van der Waals surface area contributed by atoms with E-state index in [1.54, 1.807) is 20.2 Å². The van der Waals surface area contributed by atoms with E-state index in [0.29, 0.717) is 30.9 Å². The lowest BCUT2D eigenvalue weighted by Crippen LogP contribution is -2.43. The minimum atomic E-state index is -0.597. The second-order valence-corrected chi connectivity index (χ2v) is 8.75. The zero-order valence-electron chi connectivity index (χ0n) is 17.8. The highest BCUT2D eigenvalue weighted by Crippen LogP contribution is 2.54. The smallest absolute Gasteiger partial charge is 0.410 e. The van der Waals surface area contributed by atoms with Crippen LogP contribution in [-0.4, -0.2) is 59.8 Å². The molecule has 1 amide bonds. The minimum absolute atomic E-state index is 0.0295. The molecule has 0 aromatic heterocycles. The second kappa shape index (κ2) is 7.88. The van der Waals surface area contributed by atoms with Gasteiger partial charge < -0.3 is 29.3 Å². The van der Waals surface area contributed by atoms with E-state index < -0.39 is 23.2 Å². The molecule has 0 unspecified atom stereocenters. The van der Waals surface area contributed by atoms with Crippen LogP contribution in [0.15, 0.2) is 24.3 Å². The number of nitrogens with zero attached hydrogens (tertiary/aromatic N) is 1. The molecule has 1 aromatic carbocycles. The number of aliphatic hydroxyl groups excluding tert-OH is 2. The fraction of sp³-hybridized carbons (Fsp3) is 0.591. The summed E-state index contributed by atoms with van der Waals surface area (Å²) in [5.74, 6) is 1.21. The average Bonchev–Trinajstić information content (AvgIpc) is 2.95. The summed E-state index contributed by atoms with van der Waals surface area (Å²) in [5.41, 5.74) is 0.629. The van der Waals surface area contributed by atoms with E-state index in [2.05, 4.69) is 0 Å². The van der Waals surface area contributed by atoms with Crippen LogP contribution in [0.2, 0.25) is 0 Å². The summed E-state index contributed by atoms with van der Waals surface area (Å²) in [5, 5.41) is 19.9. The number of benzene rings is 1. The lowest BCUT2D eigenvalue weighted by Gasteiger charge is -2.36. The molecule has 29 heavy (non-hydrogen) atoms. The lowest BCUT2D eigenvalue weighted by atomic mass is 9.68. The summed E-state index contributed by atoms with van der Waals surface area (Å²) in [6.45, 7) is 5.78. The van der Waals surface area contributed by atoms with Crippen LogP contribution in [-0.2, 0) is 16.7 Å². The highest BCUT2D eigenvalue weighted by Gasteiger charge is 2.51. The first-order valence-electron chi connectivity index (χ1n) is 9.90. The number of rotatable bonds is 5. The number of amides is 1. The Morgan fingerprint density at radius 1 is 1.38 bits per heavy atom. The van der Waals surface area contributed by atoms with Gasteiger partial charge in [0, 0.05) is 32.2 Å². The third-order valence-electron chi connectivity index (χ3n) is 5.44. The third-order valence-corrected chi connectivity index (χ3v) is 5.44. The molecule has 1 heterocycles. The van der Waals surface area contributed by atoms with E-state index in [1.807, 2.05) is 39.0 Å². The number of carbonyl (C=O) groups excluding carboxylic acids is 1. The molecule has 3 rings (SSSR count). The van der Waals surface area contributed by atoms with Crippen LogP contribution >= 0.6 is 0 Å². The predicted octanol–water partition coefficient (Wildman–Crippen LogP) is 2.76. The summed E-state index contributed by atoms with van der Waals surface area (Å²) in [6, 6.07) is 3.74. The molecule has 7 heteroatoms. The fourth-order valence-electron chi connectivity index (χ4n) is 4.18. The van der Waals surface area contributed by atoms with Crippen molar-refractivity contribution < 1.29 is 29.2 Å². The van der Waals surface area contributed by atoms with Gasteiger partial charge in [-0.15, -0.1) is 0 Å². The van der Waals surface area contributed by atoms with E-state index in [-0.39, 0.29) is 12.7 Å². The predicted molar refractivity (Wildman–Crippen MR) is 108 cm³/mol. The Labute approximate surface area is 171 Å². The number of aliphatic hydroxyl groups is 2.